The zero-order valence-electron chi connectivity index (χ0n) is 19.1. The first-order chi connectivity index (χ1) is 16.1. The molecule has 0 saturated heterocycles. The lowest BCUT2D eigenvalue weighted by Gasteiger charge is -2.33. The summed E-state index contributed by atoms with van der Waals surface area (Å²) < 4.78 is 10.4. The molecule has 1 aliphatic rings. The molecule has 6 nitrogen and oxygen atoms in total. The summed E-state index contributed by atoms with van der Waals surface area (Å²) in [6, 6.07) is 19.5. The van der Waals surface area contributed by atoms with Crippen LogP contribution < -0.4 is 5.43 Å². The Morgan fingerprint density at radius 3 is 2.06 bits per heavy atom. The Hall–Kier alpha value is -3.80. The summed E-state index contributed by atoms with van der Waals surface area (Å²) in [6.07, 6.45) is 5.13. The Morgan fingerprint density at radius 2 is 1.55 bits per heavy atom. The Labute approximate surface area is 195 Å². The van der Waals surface area contributed by atoms with E-state index in [2.05, 4.69) is 12.0 Å². The first kappa shape index (κ1) is 23.9. The third-order valence-corrected chi connectivity index (χ3v) is 5.33. The van der Waals surface area contributed by atoms with Crippen molar-refractivity contribution in [1.29, 1.82) is 0 Å². The van der Waals surface area contributed by atoms with Gasteiger partial charge in [-0.2, -0.15) is 0 Å². The molecule has 1 aliphatic carbocycles. The van der Waals surface area contributed by atoms with Gasteiger partial charge in [0, 0.05) is 5.92 Å². The number of carbonyl (C=O) groups excluding carboxylic acids is 2. The van der Waals surface area contributed by atoms with E-state index in [0.717, 1.165) is 22.3 Å². The molecule has 172 valence electrons. The molecule has 0 aromatic heterocycles. The minimum atomic E-state index is -0.713. The third-order valence-electron chi connectivity index (χ3n) is 5.33. The van der Waals surface area contributed by atoms with E-state index in [1.807, 2.05) is 78.9 Å². The Bertz CT molecular complexity index is 973. The van der Waals surface area contributed by atoms with Crippen molar-refractivity contribution in [3.05, 3.63) is 102 Å². The van der Waals surface area contributed by atoms with Crippen LogP contribution in [0.5, 0.6) is 0 Å². The molecule has 6 heteroatoms. The Morgan fingerprint density at radius 1 is 0.970 bits per heavy atom. The van der Waals surface area contributed by atoms with E-state index < -0.39 is 18.2 Å². The van der Waals surface area contributed by atoms with Gasteiger partial charge in [0.15, 0.2) is 0 Å². The molecule has 2 atom stereocenters. The molecule has 33 heavy (non-hydrogen) atoms. The maximum Gasteiger partial charge on any atom is 0.429 e. The molecule has 2 amide bonds. The highest BCUT2D eigenvalue weighted by Crippen LogP contribution is 2.38. The first-order valence-electron chi connectivity index (χ1n) is 11.1. The van der Waals surface area contributed by atoms with Gasteiger partial charge in [-0.05, 0) is 42.5 Å². The van der Waals surface area contributed by atoms with Gasteiger partial charge < -0.3 is 9.47 Å². The summed E-state index contributed by atoms with van der Waals surface area (Å²) >= 11 is 0. The van der Waals surface area contributed by atoms with Gasteiger partial charge >= 0.3 is 12.2 Å². The molecule has 3 rings (SSSR count). The van der Waals surface area contributed by atoms with E-state index in [1.165, 1.54) is 5.01 Å². The van der Waals surface area contributed by atoms with Gasteiger partial charge in [-0.15, -0.1) is 6.58 Å². The molecule has 0 unspecified atom stereocenters. The second kappa shape index (κ2) is 11.7. The van der Waals surface area contributed by atoms with Crippen LogP contribution in [0.2, 0.25) is 0 Å². The predicted octanol–water partition coefficient (Wildman–Crippen LogP) is 5.74. The maximum absolute atomic E-state index is 13.0. The lowest BCUT2D eigenvalue weighted by molar-refractivity contribution is 0.0561. The minimum Gasteiger partial charge on any atom is -0.449 e. The van der Waals surface area contributed by atoms with Gasteiger partial charge in [0.2, 0.25) is 0 Å². The highest BCUT2D eigenvalue weighted by atomic mass is 16.6. The average Bonchev–Trinajstić information content (AvgIpc) is 3.22. The molecule has 2 aromatic rings. The van der Waals surface area contributed by atoms with E-state index in [9.17, 15) is 9.59 Å². The third kappa shape index (κ3) is 5.71. The zero-order chi connectivity index (χ0) is 23.6. The van der Waals surface area contributed by atoms with Crippen molar-refractivity contribution in [2.75, 3.05) is 13.2 Å². The number of amides is 2. The van der Waals surface area contributed by atoms with Gasteiger partial charge in [0.1, 0.15) is 0 Å². The lowest BCUT2D eigenvalue weighted by atomic mass is 9.87. The predicted molar refractivity (Wildman–Crippen MR) is 129 cm³/mol. The van der Waals surface area contributed by atoms with Gasteiger partial charge in [0.05, 0.1) is 19.3 Å². The number of nitrogens with one attached hydrogen (secondary N) is 1. The molecule has 0 aliphatic heterocycles. The van der Waals surface area contributed by atoms with Crippen LogP contribution in [-0.4, -0.2) is 36.5 Å². The van der Waals surface area contributed by atoms with Gasteiger partial charge in [-0.1, -0.05) is 78.9 Å². The van der Waals surface area contributed by atoms with Gasteiger partial charge in [-0.3, -0.25) is 0 Å². The summed E-state index contributed by atoms with van der Waals surface area (Å²) in [7, 11) is 0. The number of hydrazine groups is 1. The SMILES string of the molecule is C=CC[C@H]1C=CC(=C(c2ccccc2)c2ccccc2)[C@@H]1N(NC(=O)OCC)C(=O)OCC. The van der Waals surface area contributed by atoms with Crippen LogP contribution in [0.15, 0.2) is 91.0 Å². The number of allylic oxidation sites excluding steroid dienone is 1. The smallest absolute Gasteiger partial charge is 0.429 e. The van der Waals surface area contributed by atoms with Crippen LogP contribution in [0.4, 0.5) is 9.59 Å². The van der Waals surface area contributed by atoms with E-state index in [4.69, 9.17) is 9.47 Å². The number of nitrogens with zero attached hydrogens (tertiary/aromatic N) is 1. The van der Waals surface area contributed by atoms with Crippen molar-refractivity contribution in [2.24, 2.45) is 5.92 Å². The fourth-order valence-corrected chi connectivity index (χ4v) is 4.02. The zero-order valence-corrected chi connectivity index (χ0v) is 19.1. The Kier molecular flexibility index (Phi) is 8.47. The van der Waals surface area contributed by atoms with Crippen LogP contribution in [0.25, 0.3) is 5.57 Å². The summed E-state index contributed by atoms with van der Waals surface area (Å²) in [5.74, 6) is -0.105. The number of benzene rings is 2. The fourth-order valence-electron chi connectivity index (χ4n) is 4.02. The summed E-state index contributed by atoms with van der Waals surface area (Å²) in [5, 5.41) is 1.25. The molecule has 0 saturated carbocycles. The monoisotopic (exact) mass is 446 g/mol. The topological polar surface area (TPSA) is 67.9 Å². The fraction of sp³-hybridized carbons (Fsp3) is 0.259. The largest absolute Gasteiger partial charge is 0.449 e. The average molecular weight is 447 g/mol. The highest BCUT2D eigenvalue weighted by Gasteiger charge is 2.38. The van der Waals surface area contributed by atoms with E-state index in [-0.39, 0.29) is 19.1 Å². The number of hydrogen-bond donors (Lipinski definition) is 1. The van der Waals surface area contributed by atoms with Crippen molar-refractivity contribution >= 4 is 17.8 Å². The van der Waals surface area contributed by atoms with Gasteiger partial charge in [-0.25, -0.2) is 20.0 Å². The summed E-state index contributed by atoms with van der Waals surface area (Å²) in [4.78, 5) is 25.4. The summed E-state index contributed by atoms with van der Waals surface area (Å²) in [6.45, 7) is 7.67. The molecular formula is C27H30N2O4. The van der Waals surface area contributed by atoms with Crippen LogP contribution in [0, 0.1) is 5.92 Å². The minimum absolute atomic E-state index is 0.105. The van der Waals surface area contributed by atoms with Crippen LogP contribution in [0.3, 0.4) is 0 Å². The number of ether oxygens (including phenoxy) is 2. The quantitative estimate of drug-likeness (QED) is 0.435. The molecular weight excluding hydrogens is 416 g/mol. The molecule has 0 bridgehead atoms. The number of hydrogen-bond acceptors (Lipinski definition) is 4. The molecule has 1 N–H and O–H groups in total. The second-order valence-corrected chi connectivity index (χ2v) is 7.46. The number of carbonyl (C=O) groups is 2. The van der Waals surface area contributed by atoms with Crippen molar-refractivity contribution < 1.29 is 19.1 Å². The van der Waals surface area contributed by atoms with Crippen LogP contribution >= 0.6 is 0 Å². The van der Waals surface area contributed by atoms with Crippen molar-refractivity contribution in [1.82, 2.24) is 10.4 Å². The van der Waals surface area contributed by atoms with E-state index in [1.54, 1.807) is 13.8 Å². The Balaban J connectivity index is 2.20. The van der Waals surface area contributed by atoms with Crippen molar-refractivity contribution in [3.63, 3.8) is 0 Å². The molecule has 2 aromatic carbocycles. The molecule has 0 fully saturated rings. The standard InChI is InChI=1S/C27H30N2O4/c1-4-13-22-18-19-23(25(22)29(27(31)33-6-3)28-26(30)32-5-2)24(20-14-9-7-10-15-20)21-16-11-8-12-17-21/h4,7-12,14-19,22,25H,1,5-6,13H2,2-3H3,(H,28,30)/t22-,25+/m0/s1. The van der Waals surface area contributed by atoms with Crippen molar-refractivity contribution in [2.45, 2.75) is 26.3 Å². The summed E-state index contributed by atoms with van der Waals surface area (Å²) in [5.41, 5.74) is 6.49. The van der Waals surface area contributed by atoms with Gasteiger partial charge in [0.25, 0.3) is 0 Å². The van der Waals surface area contributed by atoms with Crippen LogP contribution in [-0.2, 0) is 9.47 Å². The van der Waals surface area contributed by atoms with E-state index >= 15 is 0 Å². The molecule has 0 spiro atoms. The van der Waals surface area contributed by atoms with E-state index in [0.29, 0.717) is 6.42 Å². The normalized spacial score (nSPS) is 16.7. The lowest BCUT2D eigenvalue weighted by Crippen LogP contribution is -2.54. The number of rotatable bonds is 7. The second-order valence-electron chi connectivity index (χ2n) is 7.46. The molecule has 0 radical (unpaired) electrons. The maximum atomic E-state index is 13.0. The molecule has 0 heterocycles. The highest BCUT2D eigenvalue weighted by molar-refractivity contribution is 5.86. The van der Waals surface area contributed by atoms with Crippen LogP contribution in [0.1, 0.15) is 31.4 Å². The first-order valence-corrected chi connectivity index (χ1v) is 11.1. The van der Waals surface area contributed by atoms with Crippen molar-refractivity contribution in [3.8, 4) is 0 Å².